The van der Waals surface area contributed by atoms with Crippen molar-refractivity contribution in [3.8, 4) is 11.1 Å². The summed E-state index contributed by atoms with van der Waals surface area (Å²) in [6.45, 7) is 4.25. The Hall–Kier alpha value is -2.18. The van der Waals surface area contributed by atoms with Crippen molar-refractivity contribution in [3.05, 3.63) is 59.7 Å². The summed E-state index contributed by atoms with van der Waals surface area (Å²) in [5.74, 6) is 0. The largest absolute Gasteiger partial charge is 0.231 e. The minimum Gasteiger partial charge on any atom is -0.222 e. The second-order valence-electron chi connectivity index (χ2n) is 3.84. The van der Waals surface area contributed by atoms with Crippen molar-refractivity contribution in [2.45, 2.75) is 13.8 Å². The molecule has 0 saturated carbocycles. The Bertz CT molecular complexity index is 482. The van der Waals surface area contributed by atoms with Crippen molar-refractivity contribution >= 4 is 6.08 Å². The van der Waals surface area contributed by atoms with E-state index in [1.807, 2.05) is 0 Å². The first-order valence-corrected chi connectivity index (χ1v) is 5.35. The molecule has 2 rings (SSSR count). The molecule has 2 aromatic rings. The van der Waals surface area contributed by atoms with Crippen LogP contribution in [0.1, 0.15) is 11.1 Å². The summed E-state index contributed by atoms with van der Waals surface area (Å²) in [7, 11) is 0. The molecule has 0 bridgehead atoms. The number of nitrogens with one attached hydrogen (secondary N) is 1. The lowest BCUT2D eigenvalue weighted by molar-refractivity contribution is 0.563. The Morgan fingerprint density at radius 2 is 1.24 bits per heavy atom. The number of isocyanates is 1. The van der Waals surface area contributed by atoms with Gasteiger partial charge in [-0.15, -0.1) is 0 Å². The zero-order valence-electron chi connectivity index (χ0n) is 10.0. The van der Waals surface area contributed by atoms with Crippen molar-refractivity contribution in [1.82, 2.24) is 0 Å². The molecule has 1 N–H and O–H groups in total. The molecule has 2 heteroatoms. The zero-order chi connectivity index (χ0) is 12.7. The van der Waals surface area contributed by atoms with Crippen molar-refractivity contribution in [2.75, 3.05) is 0 Å². The second kappa shape index (κ2) is 6.41. The Labute approximate surface area is 101 Å². The maximum Gasteiger partial charge on any atom is 0.231 e. The van der Waals surface area contributed by atoms with Gasteiger partial charge < -0.3 is 0 Å². The maximum absolute atomic E-state index is 8.35. The van der Waals surface area contributed by atoms with Gasteiger partial charge in [-0.1, -0.05) is 59.7 Å². The van der Waals surface area contributed by atoms with Crippen molar-refractivity contribution < 1.29 is 4.79 Å². The van der Waals surface area contributed by atoms with E-state index in [2.05, 4.69) is 62.4 Å². The molecule has 0 aliphatic heterocycles. The Kier molecular flexibility index (Phi) is 4.86. The number of carbonyl (C=O) groups excluding carboxylic acids is 1. The van der Waals surface area contributed by atoms with Gasteiger partial charge in [-0.05, 0) is 25.0 Å². The van der Waals surface area contributed by atoms with Crippen LogP contribution in [-0.2, 0) is 4.79 Å². The standard InChI is InChI=1S/C14H14.CHNO/c1-11-5-3-7-13(9-11)14-8-4-6-12(2)10-14;2-1-3/h3-10H,1-2H3;2H. The number of hydrogen-bond acceptors (Lipinski definition) is 2. The van der Waals surface area contributed by atoms with E-state index in [1.54, 1.807) is 0 Å². The quantitative estimate of drug-likeness (QED) is 0.581. The normalized spacial score (nSPS) is 8.82. The van der Waals surface area contributed by atoms with Gasteiger partial charge in [0, 0.05) is 0 Å². The monoisotopic (exact) mass is 225 g/mol. The summed E-state index contributed by atoms with van der Waals surface area (Å²) in [6, 6.07) is 17.2. The molecule has 0 aromatic heterocycles. The molecule has 0 atom stereocenters. The van der Waals surface area contributed by atoms with Crippen molar-refractivity contribution in [2.24, 2.45) is 0 Å². The molecule has 0 amide bonds. The van der Waals surface area contributed by atoms with Gasteiger partial charge in [0.1, 0.15) is 0 Å². The highest BCUT2D eigenvalue weighted by Crippen LogP contribution is 2.20. The first-order valence-electron chi connectivity index (χ1n) is 5.35. The molecule has 2 nitrogen and oxygen atoms in total. The summed E-state index contributed by atoms with van der Waals surface area (Å²) < 4.78 is 0. The summed E-state index contributed by atoms with van der Waals surface area (Å²) >= 11 is 0. The molecule has 0 saturated heterocycles. The molecular formula is C15H15NO. The lowest BCUT2D eigenvalue weighted by Crippen LogP contribution is -1.80. The SMILES string of the molecule is Cc1cccc(-c2cccc(C)c2)c1.N=C=O. The Balaban J connectivity index is 0.000000437. The molecular weight excluding hydrogens is 210 g/mol. The van der Waals surface area contributed by atoms with Crippen molar-refractivity contribution in [1.29, 1.82) is 5.41 Å². The van der Waals surface area contributed by atoms with Crippen LogP contribution < -0.4 is 0 Å². The lowest BCUT2D eigenvalue weighted by atomic mass is 10.0. The van der Waals surface area contributed by atoms with E-state index in [4.69, 9.17) is 10.2 Å². The van der Waals surface area contributed by atoms with Gasteiger partial charge in [0.05, 0.1) is 0 Å². The molecule has 0 heterocycles. The van der Waals surface area contributed by atoms with Gasteiger partial charge in [-0.25, -0.2) is 10.2 Å². The molecule has 0 aliphatic carbocycles. The smallest absolute Gasteiger partial charge is 0.222 e. The van der Waals surface area contributed by atoms with Crippen LogP contribution in [0.3, 0.4) is 0 Å². The molecule has 86 valence electrons. The van der Waals surface area contributed by atoms with Crippen molar-refractivity contribution in [3.63, 3.8) is 0 Å². The third-order valence-corrected chi connectivity index (χ3v) is 2.37. The molecule has 0 spiro atoms. The fraction of sp³-hybridized carbons (Fsp3) is 0.133. The molecule has 17 heavy (non-hydrogen) atoms. The van der Waals surface area contributed by atoms with Gasteiger partial charge in [0.2, 0.25) is 6.08 Å². The van der Waals surface area contributed by atoms with E-state index in [0.29, 0.717) is 0 Å². The first kappa shape index (κ1) is 12.9. The highest BCUT2D eigenvalue weighted by Gasteiger charge is 1.96. The first-order chi connectivity index (χ1) is 8.17. The molecule has 2 aromatic carbocycles. The molecule has 0 fully saturated rings. The van der Waals surface area contributed by atoms with E-state index in [-0.39, 0.29) is 0 Å². The Morgan fingerprint density at radius 1 is 0.882 bits per heavy atom. The van der Waals surface area contributed by atoms with Crippen LogP contribution in [0.25, 0.3) is 11.1 Å². The maximum atomic E-state index is 8.35. The lowest BCUT2D eigenvalue weighted by Gasteiger charge is -2.03. The van der Waals surface area contributed by atoms with E-state index in [0.717, 1.165) is 6.08 Å². The second-order valence-corrected chi connectivity index (χ2v) is 3.84. The van der Waals surface area contributed by atoms with Gasteiger partial charge in [-0.2, -0.15) is 0 Å². The summed E-state index contributed by atoms with van der Waals surface area (Å²) in [5.41, 5.74) is 5.22. The fourth-order valence-corrected chi connectivity index (χ4v) is 1.65. The third-order valence-electron chi connectivity index (χ3n) is 2.37. The van der Waals surface area contributed by atoms with E-state index in [1.165, 1.54) is 22.3 Å². The van der Waals surface area contributed by atoms with Crippen LogP contribution in [0.15, 0.2) is 48.5 Å². The van der Waals surface area contributed by atoms with Crippen LogP contribution in [-0.4, -0.2) is 6.08 Å². The van der Waals surface area contributed by atoms with Crippen LogP contribution in [0, 0.1) is 19.3 Å². The number of benzene rings is 2. The van der Waals surface area contributed by atoms with E-state index in [9.17, 15) is 0 Å². The third kappa shape index (κ3) is 4.06. The van der Waals surface area contributed by atoms with Gasteiger partial charge >= 0.3 is 0 Å². The van der Waals surface area contributed by atoms with Crippen LogP contribution in [0.4, 0.5) is 0 Å². The molecule has 0 unspecified atom stereocenters. The zero-order valence-corrected chi connectivity index (χ0v) is 10.0. The van der Waals surface area contributed by atoms with Gasteiger partial charge in [0.25, 0.3) is 0 Å². The van der Waals surface area contributed by atoms with Gasteiger partial charge in [-0.3, -0.25) is 0 Å². The van der Waals surface area contributed by atoms with Crippen LogP contribution >= 0.6 is 0 Å². The molecule has 0 aliphatic rings. The highest BCUT2D eigenvalue weighted by atomic mass is 16.1. The number of hydrogen-bond donors (Lipinski definition) is 1. The predicted molar refractivity (Wildman–Crippen MR) is 69.8 cm³/mol. The van der Waals surface area contributed by atoms with Gasteiger partial charge in [0.15, 0.2) is 0 Å². The summed E-state index contributed by atoms with van der Waals surface area (Å²) in [4.78, 5) is 8.35. The average molecular weight is 225 g/mol. The molecule has 0 radical (unpaired) electrons. The highest BCUT2D eigenvalue weighted by molar-refractivity contribution is 5.64. The van der Waals surface area contributed by atoms with Crippen LogP contribution in [0.2, 0.25) is 0 Å². The minimum absolute atomic E-state index is 0.750. The van der Waals surface area contributed by atoms with E-state index >= 15 is 0 Å². The minimum atomic E-state index is 0.750. The number of aryl methyl sites for hydroxylation is 2. The number of rotatable bonds is 1. The topological polar surface area (TPSA) is 40.9 Å². The Morgan fingerprint density at radius 3 is 1.53 bits per heavy atom. The summed E-state index contributed by atoms with van der Waals surface area (Å²) in [5, 5.41) is 5.40. The fourth-order valence-electron chi connectivity index (χ4n) is 1.65. The predicted octanol–water partition coefficient (Wildman–Crippen LogP) is 3.87. The van der Waals surface area contributed by atoms with Crippen LogP contribution in [0.5, 0.6) is 0 Å². The summed E-state index contributed by atoms with van der Waals surface area (Å²) in [6.07, 6.45) is 0.750. The average Bonchev–Trinajstić information content (AvgIpc) is 2.30. The van der Waals surface area contributed by atoms with E-state index < -0.39 is 0 Å².